The van der Waals surface area contributed by atoms with E-state index in [-0.39, 0.29) is 106 Å². The maximum absolute atomic E-state index is 15.1. The lowest BCUT2D eigenvalue weighted by Crippen LogP contribution is -2.54. The zero-order chi connectivity index (χ0) is 64.0. The first-order valence-electron chi connectivity index (χ1n) is 30.5. The highest BCUT2D eigenvalue weighted by Gasteiger charge is 2.49. The largest absolute Gasteiger partial charge is 0.338 e. The van der Waals surface area contributed by atoms with Gasteiger partial charge in [-0.15, -0.1) is 0 Å². The van der Waals surface area contributed by atoms with Gasteiger partial charge in [-0.2, -0.15) is 0 Å². The SMILES string of the molecule is CC(C)(C)[C@H](C1CC(c2cc(F)ccc2F)CC1Cc1ccccc1)N(CCCN)C(=O)CS(=O)CCCN1C(=O)C=CC1=O.CC(C)(C)[C@H](C1CC(c2cc(F)ccc2F)CC1Cc1ccccc1)N(CCCN)C(=O)CS(=O)CN1C(=O)C=CC1=O. The van der Waals surface area contributed by atoms with Gasteiger partial charge in [0.05, 0.1) is 10.8 Å². The summed E-state index contributed by atoms with van der Waals surface area (Å²) in [4.78, 5) is 81.2. The third-order valence-corrected chi connectivity index (χ3v) is 19.9. The van der Waals surface area contributed by atoms with E-state index in [9.17, 15) is 46.0 Å². The minimum atomic E-state index is -1.80. The molecule has 2 aliphatic heterocycles. The van der Waals surface area contributed by atoms with Crippen LogP contribution in [0.4, 0.5) is 17.6 Å². The van der Waals surface area contributed by atoms with Crippen molar-refractivity contribution in [1.82, 2.24) is 19.6 Å². The molecule has 14 nitrogen and oxygen atoms in total. The normalized spacial score (nSPS) is 21.6. The third kappa shape index (κ3) is 18.3. The maximum Gasteiger partial charge on any atom is 0.254 e. The minimum Gasteiger partial charge on any atom is -0.338 e. The Morgan fingerprint density at radius 1 is 0.545 bits per heavy atom. The molecule has 0 saturated heterocycles. The van der Waals surface area contributed by atoms with Crippen molar-refractivity contribution in [1.29, 1.82) is 0 Å². The van der Waals surface area contributed by atoms with Crippen molar-refractivity contribution < 1.29 is 54.7 Å². The first-order chi connectivity index (χ1) is 41.8. The number of benzene rings is 4. The molecule has 2 saturated carbocycles. The zero-order valence-corrected chi connectivity index (χ0v) is 53.1. The topological polar surface area (TPSA) is 202 Å². The van der Waals surface area contributed by atoms with Gasteiger partial charge in [0.1, 0.15) is 40.7 Å². The van der Waals surface area contributed by atoms with Crippen LogP contribution in [0.2, 0.25) is 0 Å². The molecule has 2 aliphatic carbocycles. The van der Waals surface area contributed by atoms with Crippen LogP contribution < -0.4 is 11.5 Å². The predicted octanol–water partition coefficient (Wildman–Crippen LogP) is 9.51. The smallest absolute Gasteiger partial charge is 0.254 e. The van der Waals surface area contributed by atoms with Crippen molar-refractivity contribution in [3.63, 3.8) is 0 Å². The molecule has 10 atom stereocenters. The molecule has 8 rings (SSSR count). The van der Waals surface area contributed by atoms with Crippen LogP contribution >= 0.6 is 0 Å². The van der Waals surface area contributed by atoms with Gasteiger partial charge in [-0.1, -0.05) is 102 Å². The van der Waals surface area contributed by atoms with E-state index in [4.69, 9.17) is 11.5 Å². The van der Waals surface area contributed by atoms with E-state index in [0.29, 0.717) is 88.7 Å². The van der Waals surface area contributed by atoms with Crippen LogP contribution in [0.25, 0.3) is 0 Å². The first-order valence-corrected chi connectivity index (χ1v) is 33.5. The molecule has 4 aromatic carbocycles. The fourth-order valence-corrected chi connectivity index (χ4v) is 16.0. The highest BCUT2D eigenvalue weighted by Crippen LogP contribution is 2.52. The number of carbonyl (C=O) groups is 6. The molecule has 0 aromatic heterocycles. The highest BCUT2D eigenvalue weighted by molar-refractivity contribution is 7.86. The second kappa shape index (κ2) is 31.3. The summed E-state index contributed by atoms with van der Waals surface area (Å²) in [6.07, 6.45) is 9.95. The van der Waals surface area contributed by atoms with Crippen molar-refractivity contribution in [3.05, 3.63) is 167 Å². The van der Waals surface area contributed by atoms with E-state index in [0.717, 1.165) is 51.6 Å². The Bertz CT molecular complexity index is 3180. The van der Waals surface area contributed by atoms with Gasteiger partial charge < -0.3 is 21.3 Å². The average Bonchev–Trinajstić information content (AvgIpc) is 2.42. The average molecular weight is 1260 g/mol. The van der Waals surface area contributed by atoms with Gasteiger partial charge in [0.2, 0.25) is 11.8 Å². The van der Waals surface area contributed by atoms with Gasteiger partial charge in [0.15, 0.2) is 0 Å². The molecular weight excluding hydrogens is 1170 g/mol. The highest BCUT2D eigenvalue weighted by atomic mass is 32.2. The van der Waals surface area contributed by atoms with Crippen LogP contribution in [0.15, 0.2) is 121 Å². The Morgan fingerprint density at radius 2 is 0.932 bits per heavy atom. The van der Waals surface area contributed by atoms with E-state index in [2.05, 4.69) is 65.8 Å². The summed E-state index contributed by atoms with van der Waals surface area (Å²) in [5.41, 5.74) is 14.0. The lowest BCUT2D eigenvalue weighted by molar-refractivity contribution is -0.137. The van der Waals surface area contributed by atoms with Crippen LogP contribution in [-0.2, 0) is 63.2 Å². The lowest BCUT2D eigenvalue weighted by Gasteiger charge is -2.46. The fraction of sp³-hybridized carbons (Fsp3) is 0.500. The Kier molecular flexibility index (Phi) is 24.6. The van der Waals surface area contributed by atoms with Crippen LogP contribution in [0.1, 0.15) is 121 Å². The molecule has 4 N–H and O–H groups in total. The first kappa shape index (κ1) is 69.0. The monoisotopic (exact) mass is 1250 g/mol. The lowest BCUT2D eigenvalue weighted by atomic mass is 9.72. The minimum absolute atomic E-state index is 0.0345. The number of hydrogen-bond acceptors (Lipinski definition) is 10. The van der Waals surface area contributed by atoms with E-state index in [1.807, 2.05) is 41.3 Å². The standard InChI is InChI=1S/C35H45F2N3O4S.C33H41F2N3O4S/c1-35(2,3)34(40(16-7-15-38)33(43)23-45(44)18-8-17-39-31(41)13-14-32(39)42)29-21-26(28-22-27(36)11-12-30(28)37)20-25(29)19-24-9-5-4-6-10-24;1-33(2,3)32(37(15-7-14-36)31(41)20-43(42)21-38-29(39)12-13-30(38)40)27-18-24(26-19-25(34)10-11-28(26)35)17-23(27)16-22-8-5-4-6-9-22/h4-6,9-14,22,25-26,29,34H,7-8,15-21,23,38H2,1-3H3;4-6,8-13,19,23-24,27,32H,7,14-18,20-21,36H2,1-3H3/t25?,26?,29?,34-,45?;23?,24?,27?,32-,43?/m00/s1. The quantitative estimate of drug-likeness (QED) is 0.0451. The summed E-state index contributed by atoms with van der Waals surface area (Å²) in [6.45, 7) is 14.0. The third-order valence-electron chi connectivity index (χ3n) is 17.5. The van der Waals surface area contributed by atoms with Crippen molar-refractivity contribution >= 4 is 57.0 Å². The summed E-state index contributed by atoms with van der Waals surface area (Å²) in [5.74, 6) is -5.43. The molecule has 0 radical (unpaired) electrons. The van der Waals surface area contributed by atoms with Crippen LogP contribution in [0.3, 0.4) is 0 Å². The summed E-state index contributed by atoms with van der Waals surface area (Å²) < 4.78 is 84.8. The van der Waals surface area contributed by atoms with E-state index >= 15 is 8.78 Å². The number of amides is 6. The second-order valence-corrected chi connectivity index (χ2v) is 28.9. The van der Waals surface area contributed by atoms with Gasteiger partial charge >= 0.3 is 0 Å². The molecule has 2 fully saturated rings. The number of rotatable bonds is 26. The van der Waals surface area contributed by atoms with E-state index in [1.165, 1.54) is 36.4 Å². The van der Waals surface area contributed by atoms with Crippen molar-refractivity contribution in [2.75, 3.05) is 55.9 Å². The maximum atomic E-state index is 15.1. The Morgan fingerprint density at radius 3 is 1.32 bits per heavy atom. The molecule has 6 amide bonds. The van der Waals surface area contributed by atoms with Crippen LogP contribution in [0.5, 0.6) is 0 Å². The van der Waals surface area contributed by atoms with Gasteiger partial charge in [-0.3, -0.25) is 47.0 Å². The molecule has 20 heteroatoms. The molecule has 4 aromatic rings. The zero-order valence-electron chi connectivity index (χ0n) is 51.4. The summed E-state index contributed by atoms with van der Waals surface area (Å²) >= 11 is 0. The molecule has 88 heavy (non-hydrogen) atoms. The Hall–Kier alpha value is -6.48. The van der Waals surface area contributed by atoms with E-state index < -0.39 is 62.1 Å². The number of halogens is 4. The molecule has 8 unspecified atom stereocenters. The number of imide groups is 2. The predicted molar refractivity (Wildman–Crippen MR) is 335 cm³/mol. The second-order valence-electron chi connectivity index (χ2n) is 25.9. The van der Waals surface area contributed by atoms with Crippen LogP contribution in [0, 0.1) is 57.8 Å². The fourth-order valence-electron chi connectivity index (χ4n) is 13.9. The molecule has 2 heterocycles. The van der Waals surface area contributed by atoms with Crippen molar-refractivity contribution in [2.24, 2.45) is 46.0 Å². The molecule has 476 valence electrons. The van der Waals surface area contributed by atoms with Crippen molar-refractivity contribution in [2.45, 2.75) is 123 Å². The number of nitrogens with zero attached hydrogens (tertiary/aromatic N) is 4. The molecule has 4 aliphatic rings. The Labute approximate surface area is 520 Å². The van der Waals surface area contributed by atoms with Gasteiger partial charge in [-0.05, 0) is 176 Å². The number of hydrogen-bond donors (Lipinski definition) is 2. The number of carbonyl (C=O) groups excluding carboxylic acids is 6. The van der Waals surface area contributed by atoms with Gasteiger partial charge in [0, 0.05) is 72.6 Å². The molecule has 0 spiro atoms. The summed E-state index contributed by atoms with van der Waals surface area (Å²) in [5, 5.41) is 0. The summed E-state index contributed by atoms with van der Waals surface area (Å²) in [6, 6.07) is 26.7. The summed E-state index contributed by atoms with van der Waals surface area (Å²) in [7, 11) is -3.31. The molecular formula is C68H86F4N6O8S2. The Balaban J connectivity index is 0.000000251. The van der Waals surface area contributed by atoms with Gasteiger partial charge in [0.25, 0.3) is 23.6 Å². The number of nitrogens with two attached hydrogens (primary N) is 2. The van der Waals surface area contributed by atoms with Crippen LogP contribution in [-0.4, -0.2) is 131 Å². The van der Waals surface area contributed by atoms with Gasteiger partial charge in [-0.25, -0.2) is 17.6 Å². The molecule has 0 bridgehead atoms. The van der Waals surface area contributed by atoms with Crippen molar-refractivity contribution in [3.8, 4) is 0 Å². The van der Waals surface area contributed by atoms with E-state index in [1.54, 1.807) is 4.90 Å².